The molecule has 126 valence electrons. The van der Waals surface area contributed by atoms with Crippen LogP contribution < -0.4 is 5.73 Å². The first-order chi connectivity index (χ1) is 12.6. The molecule has 4 heteroatoms. The second-order valence-corrected chi connectivity index (χ2v) is 6.75. The highest BCUT2D eigenvalue weighted by Gasteiger charge is 2.34. The number of nitrogens with zero attached hydrogens (tertiary/aromatic N) is 1. The zero-order valence-electron chi connectivity index (χ0n) is 14.3. The molecule has 0 saturated carbocycles. The zero-order chi connectivity index (χ0) is 17.8. The molecular formula is C22H17N3O. The second kappa shape index (κ2) is 5.30. The highest BCUT2D eigenvalue weighted by Crippen LogP contribution is 2.48. The lowest BCUT2D eigenvalue weighted by atomic mass is 9.95. The van der Waals surface area contributed by atoms with E-state index in [9.17, 15) is 4.79 Å². The molecule has 3 N–H and O–H groups in total. The molecule has 0 unspecified atom stereocenters. The van der Waals surface area contributed by atoms with Crippen molar-refractivity contribution in [2.24, 2.45) is 5.73 Å². The van der Waals surface area contributed by atoms with Gasteiger partial charge in [-0.05, 0) is 40.8 Å². The van der Waals surface area contributed by atoms with Gasteiger partial charge in [-0.3, -0.25) is 4.79 Å². The maximum atomic E-state index is 12.2. The number of aromatic amines is 1. The number of rotatable bonds is 2. The van der Waals surface area contributed by atoms with Gasteiger partial charge in [-0.25, -0.2) is 4.98 Å². The molecule has 1 amide bonds. The number of nitrogens with one attached hydrogen (secondary N) is 1. The molecule has 4 nitrogen and oxygen atoms in total. The fourth-order valence-electron chi connectivity index (χ4n) is 4.06. The standard InChI is InChI=1S/C22H17N3O/c1-12-6-4-11-17-20(12)25-22(24-17)16-10-5-9-15-18(16)13-7-2-3-8-14(13)19(15)21(23)26/h2-11,19H,1H3,(H2,23,26)(H,24,25)/t19-/m1/s1. The van der Waals surface area contributed by atoms with Crippen LogP contribution in [0.1, 0.15) is 22.6 Å². The van der Waals surface area contributed by atoms with Crippen LogP contribution in [0.5, 0.6) is 0 Å². The van der Waals surface area contributed by atoms with Crippen LogP contribution in [0.25, 0.3) is 33.5 Å². The van der Waals surface area contributed by atoms with E-state index >= 15 is 0 Å². The predicted octanol–water partition coefficient (Wildman–Crippen LogP) is 4.14. The molecule has 0 saturated heterocycles. The van der Waals surface area contributed by atoms with Gasteiger partial charge in [-0.15, -0.1) is 0 Å². The lowest BCUT2D eigenvalue weighted by Crippen LogP contribution is -2.20. The van der Waals surface area contributed by atoms with E-state index in [4.69, 9.17) is 10.7 Å². The molecular weight excluding hydrogens is 322 g/mol. The first kappa shape index (κ1) is 14.9. The van der Waals surface area contributed by atoms with Crippen molar-refractivity contribution < 1.29 is 4.79 Å². The first-order valence-electron chi connectivity index (χ1n) is 8.62. The third kappa shape index (κ3) is 1.96. The molecule has 0 spiro atoms. The highest BCUT2D eigenvalue weighted by atomic mass is 16.1. The molecule has 0 radical (unpaired) electrons. The normalized spacial score (nSPS) is 15.0. The number of aryl methyl sites for hydroxylation is 1. The number of hydrogen-bond donors (Lipinski definition) is 2. The Kier molecular flexibility index (Phi) is 3.04. The Hall–Kier alpha value is -3.40. The van der Waals surface area contributed by atoms with Crippen LogP contribution in [-0.4, -0.2) is 15.9 Å². The van der Waals surface area contributed by atoms with Crippen molar-refractivity contribution in [1.29, 1.82) is 0 Å². The van der Waals surface area contributed by atoms with Crippen LogP contribution >= 0.6 is 0 Å². The summed E-state index contributed by atoms with van der Waals surface area (Å²) in [5.41, 5.74) is 13.9. The number of benzene rings is 3. The minimum absolute atomic E-state index is 0.325. The number of primary amides is 1. The number of carbonyl (C=O) groups is 1. The minimum atomic E-state index is -0.410. The zero-order valence-corrected chi connectivity index (χ0v) is 14.3. The van der Waals surface area contributed by atoms with Crippen LogP contribution in [0.3, 0.4) is 0 Å². The molecule has 0 bridgehead atoms. The van der Waals surface area contributed by atoms with Crippen LogP contribution in [0.2, 0.25) is 0 Å². The van der Waals surface area contributed by atoms with Crippen molar-refractivity contribution in [2.45, 2.75) is 12.8 Å². The number of amides is 1. The summed E-state index contributed by atoms with van der Waals surface area (Å²) in [6, 6.07) is 20.1. The summed E-state index contributed by atoms with van der Waals surface area (Å²) >= 11 is 0. The van der Waals surface area contributed by atoms with E-state index in [2.05, 4.69) is 24.0 Å². The smallest absolute Gasteiger partial charge is 0.229 e. The average Bonchev–Trinajstić information content (AvgIpc) is 3.21. The van der Waals surface area contributed by atoms with Gasteiger partial charge in [0.1, 0.15) is 5.82 Å². The third-order valence-electron chi connectivity index (χ3n) is 5.20. The van der Waals surface area contributed by atoms with E-state index in [1.807, 2.05) is 48.5 Å². The molecule has 1 aliphatic rings. The summed E-state index contributed by atoms with van der Waals surface area (Å²) in [5, 5.41) is 0. The van der Waals surface area contributed by atoms with Crippen LogP contribution in [0.4, 0.5) is 0 Å². The Morgan fingerprint density at radius 2 is 1.69 bits per heavy atom. The summed E-state index contributed by atoms with van der Waals surface area (Å²) < 4.78 is 0. The SMILES string of the molecule is Cc1cccc2[nH]c(-c3cccc4c3-c3ccccc3[C@H]4C(N)=O)nc12. The Bertz CT molecular complexity index is 1190. The van der Waals surface area contributed by atoms with E-state index in [0.717, 1.165) is 50.2 Å². The van der Waals surface area contributed by atoms with Gasteiger partial charge in [0.2, 0.25) is 5.91 Å². The van der Waals surface area contributed by atoms with Gasteiger partial charge in [0.05, 0.1) is 17.0 Å². The maximum absolute atomic E-state index is 12.2. The molecule has 26 heavy (non-hydrogen) atoms. The largest absolute Gasteiger partial charge is 0.369 e. The topological polar surface area (TPSA) is 71.8 Å². The Labute approximate surface area is 150 Å². The first-order valence-corrected chi connectivity index (χ1v) is 8.62. The number of fused-ring (bicyclic) bond motifs is 4. The lowest BCUT2D eigenvalue weighted by molar-refractivity contribution is -0.118. The van der Waals surface area contributed by atoms with E-state index < -0.39 is 5.92 Å². The van der Waals surface area contributed by atoms with Crippen molar-refractivity contribution in [3.05, 3.63) is 77.4 Å². The number of H-pyrrole nitrogens is 1. The Balaban J connectivity index is 1.82. The molecule has 0 aliphatic heterocycles. The molecule has 3 aromatic carbocycles. The van der Waals surface area contributed by atoms with Crippen LogP contribution in [-0.2, 0) is 4.79 Å². The lowest BCUT2D eigenvalue weighted by Gasteiger charge is -2.09. The van der Waals surface area contributed by atoms with Gasteiger partial charge in [0.15, 0.2) is 0 Å². The molecule has 0 fully saturated rings. The van der Waals surface area contributed by atoms with E-state index in [1.165, 1.54) is 0 Å². The van der Waals surface area contributed by atoms with Crippen molar-refractivity contribution in [3.63, 3.8) is 0 Å². The number of nitrogens with two attached hydrogens (primary N) is 1. The van der Waals surface area contributed by atoms with Crippen LogP contribution in [0, 0.1) is 6.92 Å². The molecule has 1 aromatic heterocycles. The monoisotopic (exact) mass is 339 g/mol. The highest BCUT2D eigenvalue weighted by molar-refractivity contribution is 6.00. The van der Waals surface area contributed by atoms with Gasteiger partial charge in [0, 0.05) is 5.56 Å². The van der Waals surface area contributed by atoms with Crippen molar-refractivity contribution in [2.75, 3.05) is 0 Å². The number of carbonyl (C=O) groups excluding carboxylic acids is 1. The second-order valence-electron chi connectivity index (χ2n) is 6.75. The van der Waals surface area contributed by atoms with Gasteiger partial charge in [-0.2, -0.15) is 0 Å². The molecule has 1 heterocycles. The number of aromatic nitrogens is 2. The van der Waals surface area contributed by atoms with Crippen molar-refractivity contribution >= 4 is 16.9 Å². The molecule has 1 atom stereocenters. The van der Waals surface area contributed by atoms with E-state index in [0.29, 0.717) is 0 Å². The molecule has 1 aliphatic carbocycles. The minimum Gasteiger partial charge on any atom is -0.369 e. The quantitative estimate of drug-likeness (QED) is 0.576. The van der Waals surface area contributed by atoms with Gasteiger partial charge < -0.3 is 10.7 Å². The molecule has 5 rings (SSSR count). The van der Waals surface area contributed by atoms with Crippen LogP contribution in [0.15, 0.2) is 60.7 Å². The Morgan fingerprint density at radius 1 is 0.962 bits per heavy atom. The number of imidazole rings is 1. The van der Waals surface area contributed by atoms with E-state index in [-0.39, 0.29) is 5.91 Å². The average molecular weight is 339 g/mol. The Morgan fingerprint density at radius 3 is 2.50 bits per heavy atom. The predicted molar refractivity (Wildman–Crippen MR) is 103 cm³/mol. The van der Waals surface area contributed by atoms with Gasteiger partial charge >= 0.3 is 0 Å². The van der Waals surface area contributed by atoms with Crippen molar-refractivity contribution in [1.82, 2.24) is 9.97 Å². The third-order valence-corrected chi connectivity index (χ3v) is 5.20. The fraction of sp³-hybridized carbons (Fsp3) is 0.0909. The van der Waals surface area contributed by atoms with Gasteiger partial charge in [0.25, 0.3) is 0 Å². The summed E-state index contributed by atoms with van der Waals surface area (Å²) in [5.74, 6) is 0.0761. The summed E-state index contributed by atoms with van der Waals surface area (Å²) in [4.78, 5) is 20.4. The number of para-hydroxylation sites is 1. The van der Waals surface area contributed by atoms with E-state index in [1.54, 1.807) is 0 Å². The fourth-order valence-corrected chi connectivity index (χ4v) is 4.06. The summed E-state index contributed by atoms with van der Waals surface area (Å²) in [7, 11) is 0. The molecule has 4 aromatic rings. The number of hydrogen-bond acceptors (Lipinski definition) is 2. The maximum Gasteiger partial charge on any atom is 0.229 e. The summed E-state index contributed by atoms with van der Waals surface area (Å²) in [6.07, 6.45) is 0. The summed E-state index contributed by atoms with van der Waals surface area (Å²) in [6.45, 7) is 2.06. The van der Waals surface area contributed by atoms with Gasteiger partial charge in [-0.1, -0.05) is 54.6 Å². The van der Waals surface area contributed by atoms with Crippen molar-refractivity contribution in [3.8, 4) is 22.5 Å².